The summed E-state index contributed by atoms with van der Waals surface area (Å²) in [5.74, 6) is -0.184. The Kier molecular flexibility index (Phi) is 3.56. The van der Waals surface area contributed by atoms with Gasteiger partial charge in [0.25, 0.3) is 0 Å². The van der Waals surface area contributed by atoms with Crippen LogP contribution in [0.3, 0.4) is 0 Å². The molecule has 3 unspecified atom stereocenters. The second-order valence-corrected chi connectivity index (χ2v) is 4.34. The van der Waals surface area contributed by atoms with E-state index in [1.807, 2.05) is 13.0 Å². The topological polar surface area (TPSA) is 21.3 Å². The van der Waals surface area contributed by atoms with Gasteiger partial charge in [0.15, 0.2) is 0 Å². The Morgan fingerprint density at radius 2 is 2.19 bits per heavy atom. The highest BCUT2D eigenvalue weighted by atomic mass is 19.1. The fourth-order valence-electron chi connectivity index (χ4n) is 2.17. The van der Waals surface area contributed by atoms with E-state index in [4.69, 9.17) is 4.74 Å². The summed E-state index contributed by atoms with van der Waals surface area (Å²) in [6.07, 6.45) is 0.859. The van der Waals surface area contributed by atoms with Gasteiger partial charge in [-0.2, -0.15) is 0 Å². The number of rotatable bonds is 2. The molecular weight excluding hydrogens is 205 g/mol. The molecule has 0 saturated carbocycles. The number of hydrogen-bond acceptors (Lipinski definition) is 2. The third kappa shape index (κ3) is 2.25. The molecule has 1 fully saturated rings. The van der Waals surface area contributed by atoms with Crippen LogP contribution in [-0.2, 0) is 4.74 Å². The van der Waals surface area contributed by atoms with Gasteiger partial charge in [0.05, 0.1) is 6.61 Å². The van der Waals surface area contributed by atoms with Crippen LogP contribution in [0.5, 0.6) is 0 Å². The van der Waals surface area contributed by atoms with E-state index in [0.717, 1.165) is 6.42 Å². The molecule has 16 heavy (non-hydrogen) atoms. The highest BCUT2D eigenvalue weighted by molar-refractivity contribution is 5.21. The predicted molar refractivity (Wildman–Crippen MR) is 61.8 cm³/mol. The first-order chi connectivity index (χ1) is 7.72. The van der Waals surface area contributed by atoms with Crippen LogP contribution < -0.4 is 5.32 Å². The number of ether oxygens (including phenoxy) is 1. The maximum atomic E-state index is 13.6. The first-order valence-corrected chi connectivity index (χ1v) is 5.84. The summed E-state index contributed by atoms with van der Waals surface area (Å²) in [6, 6.07) is 7.37. The highest BCUT2D eigenvalue weighted by Gasteiger charge is 2.29. The molecule has 1 aliphatic rings. The number of morpholine rings is 1. The summed E-state index contributed by atoms with van der Waals surface area (Å²) in [7, 11) is 0. The van der Waals surface area contributed by atoms with E-state index in [1.54, 1.807) is 12.1 Å². The minimum Gasteiger partial charge on any atom is -0.370 e. The molecule has 1 aromatic carbocycles. The van der Waals surface area contributed by atoms with Crippen molar-refractivity contribution in [1.29, 1.82) is 0 Å². The molecule has 0 bridgehead atoms. The monoisotopic (exact) mass is 223 g/mol. The molecule has 0 aromatic heterocycles. The zero-order chi connectivity index (χ0) is 11.5. The first-order valence-electron chi connectivity index (χ1n) is 5.84. The Labute approximate surface area is 95.8 Å². The lowest BCUT2D eigenvalue weighted by Crippen LogP contribution is -2.48. The molecule has 2 nitrogen and oxygen atoms in total. The quantitative estimate of drug-likeness (QED) is 0.832. The molecule has 88 valence electrons. The van der Waals surface area contributed by atoms with Crippen molar-refractivity contribution in [3.8, 4) is 0 Å². The SMILES string of the molecule is CCC1COC(c2ccccc2F)C(C)N1. The maximum absolute atomic E-state index is 13.6. The maximum Gasteiger partial charge on any atom is 0.129 e. The second kappa shape index (κ2) is 4.93. The molecule has 3 heteroatoms. The zero-order valence-corrected chi connectivity index (χ0v) is 9.74. The Hall–Kier alpha value is -0.930. The van der Waals surface area contributed by atoms with E-state index in [9.17, 15) is 4.39 Å². The summed E-state index contributed by atoms with van der Waals surface area (Å²) in [5.41, 5.74) is 0.650. The van der Waals surface area contributed by atoms with Gasteiger partial charge in [-0.05, 0) is 19.4 Å². The Morgan fingerprint density at radius 3 is 2.81 bits per heavy atom. The summed E-state index contributed by atoms with van der Waals surface area (Å²) >= 11 is 0. The third-order valence-electron chi connectivity index (χ3n) is 3.13. The van der Waals surface area contributed by atoms with Gasteiger partial charge >= 0.3 is 0 Å². The minimum atomic E-state index is -0.184. The van der Waals surface area contributed by atoms with Crippen LogP contribution in [0.4, 0.5) is 4.39 Å². The third-order valence-corrected chi connectivity index (χ3v) is 3.13. The van der Waals surface area contributed by atoms with Crippen molar-refractivity contribution in [3.63, 3.8) is 0 Å². The smallest absolute Gasteiger partial charge is 0.129 e. The lowest BCUT2D eigenvalue weighted by molar-refractivity contribution is -0.0269. The second-order valence-electron chi connectivity index (χ2n) is 4.34. The molecule has 0 amide bonds. The predicted octanol–water partition coefficient (Wildman–Crippen LogP) is 2.65. The molecule has 1 aromatic rings. The van der Waals surface area contributed by atoms with E-state index in [0.29, 0.717) is 18.2 Å². The summed E-state index contributed by atoms with van der Waals surface area (Å²) in [4.78, 5) is 0. The summed E-state index contributed by atoms with van der Waals surface area (Å²) < 4.78 is 19.4. The van der Waals surface area contributed by atoms with Gasteiger partial charge in [0.2, 0.25) is 0 Å². The van der Waals surface area contributed by atoms with Crippen molar-refractivity contribution in [3.05, 3.63) is 35.6 Å². The van der Waals surface area contributed by atoms with Crippen molar-refractivity contribution in [2.75, 3.05) is 6.61 Å². The van der Waals surface area contributed by atoms with Crippen LogP contribution in [0.25, 0.3) is 0 Å². The van der Waals surface area contributed by atoms with Gasteiger partial charge in [-0.25, -0.2) is 4.39 Å². The standard InChI is InChI=1S/C13H18FNO/c1-3-10-8-16-13(9(2)15-10)11-6-4-5-7-12(11)14/h4-7,9-10,13,15H,3,8H2,1-2H3. The fourth-order valence-corrected chi connectivity index (χ4v) is 2.17. The van der Waals surface area contributed by atoms with Crippen LogP contribution in [0.2, 0.25) is 0 Å². The molecular formula is C13H18FNO. The number of benzene rings is 1. The van der Waals surface area contributed by atoms with Gasteiger partial charge in [-0.15, -0.1) is 0 Å². The fraction of sp³-hybridized carbons (Fsp3) is 0.538. The van der Waals surface area contributed by atoms with Crippen LogP contribution in [0.1, 0.15) is 31.9 Å². The van der Waals surface area contributed by atoms with Gasteiger partial charge in [0, 0.05) is 17.6 Å². The molecule has 1 saturated heterocycles. The van der Waals surface area contributed by atoms with E-state index < -0.39 is 0 Å². The van der Waals surface area contributed by atoms with E-state index in [1.165, 1.54) is 6.07 Å². The molecule has 2 rings (SSSR count). The zero-order valence-electron chi connectivity index (χ0n) is 9.74. The Morgan fingerprint density at radius 1 is 1.44 bits per heavy atom. The number of halogens is 1. The van der Waals surface area contributed by atoms with Crippen LogP contribution in [-0.4, -0.2) is 18.7 Å². The highest BCUT2D eigenvalue weighted by Crippen LogP contribution is 2.27. The van der Waals surface area contributed by atoms with E-state index in [2.05, 4.69) is 12.2 Å². The van der Waals surface area contributed by atoms with Crippen LogP contribution >= 0.6 is 0 Å². The van der Waals surface area contributed by atoms with Gasteiger partial charge in [-0.1, -0.05) is 25.1 Å². The molecule has 0 radical (unpaired) electrons. The van der Waals surface area contributed by atoms with Crippen molar-refractivity contribution >= 4 is 0 Å². The minimum absolute atomic E-state index is 0.149. The first kappa shape index (κ1) is 11.6. The number of nitrogens with one attached hydrogen (secondary N) is 1. The Bertz CT molecular complexity index is 356. The average molecular weight is 223 g/mol. The molecule has 0 aliphatic carbocycles. The summed E-state index contributed by atoms with van der Waals surface area (Å²) in [6.45, 7) is 4.82. The van der Waals surface area contributed by atoms with E-state index in [-0.39, 0.29) is 18.0 Å². The molecule has 3 atom stereocenters. The lowest BCUT2D eigenvalue weighted by atomic mass is 9.99. The van der Waals surface area contributed by atoms with Crippen molar-refractivity contribution in [2.45, 2.75) is 38.5 Å². The van der Waals surface area contributed by atoms with Gasteiger partial charge < -0.3 is 10.1 Å². The average Bonchev–Trinajstić information content (AvgIpc) is 2.30. The van der Waals surface area contributed by atoms with Gasteiger partial charge in [-0.3, -0.25) is 0 Å². The largest absolute Gasteiger partial charge is 0.370 e. The van der Waals surface area contributed by atoms with Crippen LogP contribution in [0.15, 0.2) is 24.3 Å². The van der Waals surface area contributed by atoms with Crippen LogP contribution in [0, 0.1) is 5.82 Å². The molecule has 1 heterocycles. The lowest BCUT2D eigenvalue weighted by Gasteiger charge is -2.35. The van der Waals surface area contributed by atoms with E-state index >= 15 is 0 Å². The normalized spacial score (nSPS) is 30.3. The summed E-state index contributed by atoms with van der Waals surface area (Å²) in [5, 5.41) is 3.45. The molecule has 0 spiro atoms. The van der Waals surface area contributed by atoms with Gasteiger partial charge in [0.1, 0.15) is 11.9 Å². The van der Waals surface area contributed by atoms with Crippen molar-refractivity contribution in [2.24, 2.45) is 0 Å². The van der Waals surface area contributed by atoms with Crippen molar-refractivity contribution < 1.29 is 9.13 Å². The molecule has 1 N–H and O–H groups in total. The Balaban J connectivity index is 2.14. The molecule has 1 aliphatic heterocycles. The number of hydrogen-bond donors (Lipinski definition) is 1. The van der Waals surface area contributed by atoms with Crippen molar-refractivity contribution in [1.82, 2.24) is 5.32 Å².